The molecule has 150 valence electrons. The number of hydrogen-bond donors (Lipinski definition) is 2. The van der Waals surface area contributed by atoms with E-state index < -0.39 is 0 Å². The Labute approximate surface area is 169 Å². The normalized spacial score (nSPS) is 11.6. The van der Waals surface area contributed by atoms with Crippen molar-refractivity contribution in [1.82, 2.24) is 24.8 Å². The maximum absolute atomic E-state index is 12.4. The van der Waals surface area contributed by atoms with Gasteiger partial charge in [0.2, 0.25) is 5.95 Å². The summed E-state index contributed by atoms with van der Waals surface area (Å²) in [5, 5.41) is 2.02. The fourth-order valence-electron chi connectivity index (χ4n) is 3.58. The lowest BCUT2D eigenvalue weighted by Gasteiger charge is -2.19. The summed E-state index contributed by atoms with van der Waals surface area (Å²) in [5.41, 5.74) is 4.36. The number of aromatic amines is 2. The lowest BCUT2D eigenvalue weighted by molar-refractivity contribution is 0.415. The van der Waals surface area contributed by atoms with E-state index in [0.29, 0.717) is 11.5 Å². The first-order valence-corrected chi connectivity index (χ1v) is 9.83. The second kappa shape index (κ2) is 7.67. The zero-order chi connectivity index (χ0) is 20.5. The molecule has 0 aliphatic carbocycles. The van der Waals surface area contributed by atoms with Gasteiger partial charge in [-0.2, -0.15) is 0 Å². The van der Waals surface area contributed by atoms with Crippen LogP contribution in [0.2, 0.25) is 0 Å². The zero-order valence-corrected chi connectivity index (χ0v) is 17.3. The minimum Gasteiger partial charge on any atom is -0.356 e. The van der Waals surface area contributed by atoms with Gasteiger partial charge in [-0.15, -0.1) is 0 Å². The van der Waals surface area contributed by atoms with E-state index in [4.69, 9.17) is 4.98 Å². The highest BCUT2D eigenvalue weighted by atomic mass is 16.1. The fraction of sp³-hybridized carbons (Fsp3) is 0.318. The molecule has 0 spiro atoms. The number of benzene rings is 1. The number of aryl methyl sites for hydroxylation is 1. The van der Waals surface area contributed by atoms with Crippen LogP contribution >= 0.6 is 0 Å². The third kappa shape index (κ3) is 3.61. The molecule has 4 aromatic rings. The van der Waals surface area contributed by atoms with Gasteiger partial charge in [0.1, 0.15) is 5.52 Å². The molecule has 0 atom stereocenters. The predicted molar refractivity (Wildman–Crippen MR) is 119 cm³/mol. The van der Waals surface area contributed by atoms with Crippen LogP contribution in [0.5, 0.6) is 0 Å². The maximum atomic E-state index is 12.4. The Balaban J connectivity index is 1.80. The Morgan fingerprint density at radius 3 is 2.69 bits per heavy atom. The lowest BCUT2D eigenvalue weighted by atomic mass is 10.0. The average Bonchev–Trinajstić information content (AvgIpc) is 3.17. The first-order valence-electron chi connectivity index (χ1n) is 9.83. The largest absolute Gasteiger partial charge is 0.356 e. The Hall–Kier alpha value is -3.19. The number of aromatic nitrogens is 4. The first-order chi connectivity index (χ1) is 14.0. The van der Waals surface area contributed by atoms with Crippen LogP contribution < -0.4 is 10.5 Å². The van der Waals surface area contributed by atoms with Crippen molar-refractivity contribution in [3.63, 3.8) is 0 Å². The SMILES string of the molecule is CCc1c[nH]c2c(=O)[nH]c3ccc(-c4ccnc(N(C)CCN(C)C)n4)cc3c12. The van der Waals surface area contributed by atoms with Crippen molar-refractivity contribution >= 4 is 27.8 Å². The molecule has 0 aliphatic rings. The molecule has 0 saturated heterocycles. The van der Waals surface area contributed by atoms with Crippen LogP contribution in [0.15, 0.2) is 41.5 Å². The van der Waals surface area contributed by atoms with Crippen molar-refractivity contribution in [1.29, 1.82) is 0 Å². The van der Waals surface area contributed by atoms with Gasteiger partial charge in [0.05, 0.1) is 5.69 Å². The molecule has 29 heavy (non-hydrogen) atoms. The first kappa shape index (κ1) is 19.1. The molecule has 0 unspecified atom stereocenters. The smallest absolute Gasteiger partial charge is 0.272 e. The number of H-pyrrole nitrogens is 2. The number of hydrogen-bond acceptors (Lipinski definition) is 5. The number of rotatable bonds is 6. The topological polar surface area (TPSA) is 80.9 Å². The van der Waals surface area contributed by atoms with Crippen molar-refractivity contribution in [2.45, 2.75) is 13.3 Å². The number of pyridine rings is 1. The van der Waals surface area contributed by atoms with Crippen LogP contribution in [0.1, 0.15) is 12.5 Å². The molecule has 4 rings (SSSR count). The van der Waals surface area contributed by atoms with Gasteiger partial charge in [0.15, 0.2) is 0 Å². The number of nitrogens with zero attached hydrogens (tertiary/aromatic N) is 4. The van der Waals surface area contributed by atoms with E-state index in [2.05, 4.69) is 51.8 Å². The van der Waals surface area contributed by atoms with E-state index >= 15 is 0 Å². The van der Waals surface area contributed by atoms with Crippen LogP contribution in [-0.4, -0.2) is 59.1 Å². The fourth-order valence-corrected chi connectivity index (χ4v) is 3.58. The van der Waals surface area contributed by atoms with Crippen LogP contribution in [-0.2, 0) is 6.42 Å². The zero-order valence-electron chi connectivity index (χ0n) is 17.3. The average molecular weight is 390 g/mol. The van der Waals surface area contributed by atoms with Gasteiger partial charge in [0.25, 0.3) is 5.56 Å². The summed E-state index contributed by atoms with van der Waals surface area (Å²) in [7, 11) is 6.11. The number of nitrogens with one attached hydrogen (secondary N) is 2. The van der Waals surface area contributed by atoms with Crippen LogP contribution in [0.4, 0.5) is 5.95 Å². The Bertz CT molecular complexity index is 1220. The van der Waals surface area contributed by atoms with Gasteiger partial charge < -0.3 is 19.8 Å². The van der Waals surface area contributed by atoms with Crippen LogP contribution in [0, 0.1) is 0 Å². The summed E-state index contributed by atoms with van der Waals surface area (Å²) in [5.74, 6) is 0.701. The van der Waals surface area contributed by atoms with Gasteiger partial charge in [-0.25, -0.2) is 9.97 Å². The monoisotopic (exact) mass is 390 g/mol. The molecular formula is C22H26N6O. The standard InChI is InChI=1S/C22H26N6O/c1-5-14-13-24-20-19(14)16-12-15(6-7-18(16)25-21(20)29)17-8-9-23-22(26-17)28(4)11-10-27(2)3/h6-9,12-13,24H,5,10-11H2,1-4H3,(H,25,29). The van der Waals surface area contributed by atoms with E-state index in [1.54, 1.807) is 6.20 Å². The van der Waals surface area contributed by atoms with Crippen molar-refractivity contribution < 1.29 is 0 Å². The molecule has 0 bridgehead atoms. The maximum Gasteiger partial charge on any atom is 0.272 e. The molecule has 0 fully saturated rings. The van der Waals surface area contributed by atoms with Gasteiger partial charge in [0, 0.05) is 54.4 Å². The molecule has 3 heterocycles. The summed E-state index contributed by atoms with van der Waals surface area (Å²) >= 11 is 0. The molecule has 0 radical (unpaired) electrons. The molecule has 2 N–H and O–H groups in total. The quantitative estimate of drug-likeness (QED) is 0.529. The minimum absolute atomic E-state index is 0.0909. The molecular weight excluding hydrogens is 364 g/mol. The highest BCUT2D eigenvalue weighted by Gasteiger charge is 2.13. The lowest BCUT2D eigenvalue weighted by Crippen LogP contribution is -2.29. The third-order valence-electron chi connectivity index (χ3n) is 5.27. The summed E-state index contributed by atoms with van der Waals surface area (Å²) in [6.07, 6.45) is 4.58. The van der Waals surface area contributed by atoms with Gasteiger partial charge in [-0.1, -0.05) is 13.0 Å². The summed E-state index contributed by atoms with van der Waals surface area (Å²) < 4.78 is 0. The highest BCUT2D eigenvalue weighted by Crippen LogP contribution is 2.29. The van der Waals surface area contributed by atoms with Crippen LogP contribution in [0.25, 0.3) is 33.1 Å². The van der Waals surface area contributed by atoms with E-state index in [1.807, 2.05) is 31.4 Å². The van der Waals surface area contributed by atoms with E-state index in [0.717, 1.165) is 52.6 Å². The predicted octanol–water partition coefficient (Wildman–Crippen LogP) is 3.03. The third-order valence-corrected chi connectivity index (χ3v) is 5.27. The van der Waals surface area contributed by atoms with Crippen molar-refractivity contribution in [2.24, 2.45) is 0 Å². The van der Waals surface area contributed by atoms with E-state index in [9.17, 15) is 4.79 Å². The molecule has 7 nitrogen and oxygen atoms in total. The molecule has 0 aliphatic heterocycles. The summed E-state index contributed by atoms with van der Waals surface area (Å²) in [6, 6.07) is 7.97. The van der Waals surface area contributed by atoms with Crippen LogP contribution in [0.3, 0.4) is 0 Å². The molecule has 7 heteroatoms. The highest BCUT2D eigenvalue weighted by molar-refractivity contribution is 6.07. The van der Waals surface area contributed by atoms with Crippen molar-refractivity contribution in [2.75, 3.05) is 39.1 Å². The van der Waals surface area contributed by atoms with Gasteiger partial charge >= 0.3 is 0 Å². The number of anilines is 1. The second-order valence-electron chi connectivity index (χ2n) is 7.60. The Morgan fingerprint density at radius 1 is 1.10 bits per heavy atom. The second-order valence-corrected chi connectivity index (χ2v) is 7.60. The van der Waals surface area contributed by atoms with Gasteiger partial charge in [-0.05, 0) is 44.3 Å². The molecule has 0 saturated carbocycles. The minimum atomic E-state index is -0.0909. The van der Waals surface area contributed by atoms with Crippen molar-refractivity contribution in [3.8, 4) is 11.3 Å². The molecule has 0 amide bonds. The van der Waals surface area contributed by atoms with Gasteiger partial charge in [-0.3, -0.25) is 4.79 Å². The number of likely N-dealkylation sites (N-methyl/N-ethyl adjacent to an activating group) is 2. The van der Waals surface area contributed by atoms with E-state index in [1.165, 1.54) is 0 Å². The van der Waals surface area contributed by atoms with E-state index in [-0.39, 0.29) is 5.56 Å². The van der Waals surface area contributed by atoms with Crippen molar-refractivity contribution in [3.05, 3.63) is 52.6 Å². The molecule has 1 aromatic carbocycles. The number of fused-ring (bicyclic) bond motifs is 3. The Morgan fingerprint density at radius 2 is 1.93 bits per heavy atom. The Kier molecular flexibility index (Phi) is 5.07. The summed E-state index contributed by atoms with van der Waals surface area (Å²) in [6.45, 7) is 3.87. The molecule has 3 aromatic heterocycles. The summed E-state index contributed by atoms with van der Waals surface area (Å²) in [4.78, 5) is 31.9.